The zero-order valence-electron chi connectivity index (χ0n) is 14.6. The van der Waals surface area contributed by atoms with Gasteiger partial charge in [-0.3, -0.25) is 4.68 Å². The van der Waals surface area contributed by atoms with E-state index in [1.165, 1.54) is 0 Å². The van der Waals surface area contributed by atoms with Crippen molar-refractivity contribution in [3.05, 3.63) is 29.2 Å². The Balaban J connectivity index is 1.59. The number of hydrogen-bond donors (Lipinski definition) is 1. The van der Waals surface area contributed by atoms with Crippen LogP contribution in [0, 0.1) is 12.8 Å². The van der Waals surface area contributed by atoms with Gasteiger partial charge in [0.1, 0.15) is 6.04 Å². The van der Waals surface area contributed by atoms with Crippen molar-refractivity contribution >= 4 is 6.03 Å². The van der Waals surface area contributed by atoms with Crippen molar-refractivity contribution < 1.29 is 9.32 Å². The molecule has 0 saturated heterocycles. The van der Waals surface area contributed by atoms with Crippen LogP contribution in [0.4, 0.5) is 4.79 Å². The molecule has 0 bridgehead atoms. The standard InChI is InChI=1S/C16H24N6O2/c1-10(2)7-14-18-15(24-20-14)12(4)17-16(23)21-5-6-22-13(9-21)8-11(3)19-22/h8,10,12H,5-7,9H2,1-4H3,(H,17,23)/t12-/m0/s1. The van der Waals surface area contributed by atoms with Gasteiger partial charge >= 0.3 is 6.03 Å². The Morgan fingerprint density at radius 1 is 1.38 bits per heavy atom. The molecule has 3 heterocycles. The van der Waals surface area contributed by atoms with E-state index in [2.05, 4.69) is 34.4 Å². The molecule has 2 aromatic heterocycles. The van der Waals surface area contributed by atoms with Crippen LogP contribution >= 0.6 is 0 Å². The zero-order chi connectivity index (χ0) is 17.3. The predicted molar refractivity (Wildman–Crippen MR) is 87.2 cm³/mol. The number of fused-ring (bicyclic) bond motifs is 1. The minimum absolute atomic E-state index is 0.129. The molecule has 2 aromatic rings. The lowest BCUT2D eigenvalue weighted by Gasteiger charge is -2.28. The van der Waals surface area contributed by atoms with E-state index >= 15 is 0 Å². The smallest absolute Gasteiger partial charge is 0.318 e. The number of urea groups is 1. The highest BCUT2D eigenvalue weighted by Gasteiger charge is 2.24. The third kappa shape index (κ3) is 3.58. The SMILES string of the molecule is Cc1cc2n(n1)CCN(C(=O)N[C@@H](C)c1nc(CC(C)C)no1)C2. The summed E-state index contributed by atoms with van der Waals surface area (Å²) in [6, 6.07) is 1.56. The van der Waals surface area contributed by atoms with E-state index < -0.39 is 0 Å². The second-order valence-corrected chi connectivity index (χ2v) is 6.74. The van der Waals surface area contributed by atoms with Crippen LogP contribution in [0.2, 0.25) is 0 Å². The molecule has 130 valence electrons. The topological polar surface area (TPSA) is 89.1 Å². The van der Waals surface area contributed by atoms with E-state index in [-0.39, 0.29) is 12.1 Å². The molecule has 1 aliphatic heterocycles. The molecule has 0 spiro atoms. The summed E-state index contributed by atoms with van der Waals surface area (Å²) < 4.78 is 7.22. The largest absolute Gasteiger partial charge is 0.337 e. The number of carbonyl (C=O) groups excluding carboxylic acids is 1. The van der Waals surface area contributed by atoms with Crippen molar-refractivity contribution in [1.29, 1.82) is 0 Å². The molecule has 24 heavy (non-hydrogen) atoms. The molecule has 0 unspecified atom stereocenters. The average Bonchev–Trinajstić information content (AvgIpc) is 3.10. The predicted octanol–water partition coefficient (Wildman–Crippen LogP) is 2.06. The molecular formula is C16H24N6O2. The average molecular weight is 332 g/mol. The summed E-state index contributed by atoms with van der Waals surface area (Å²) in [5.74, 6) is 1.58. The van der Waals surface area contributed by atoms with Crippen molar-refractivity contribution in [3.8, 4) is 0 Å². The number of rotatable bonds is 4. The second-order valence-electron chi connectivity index (χ2n) is 6.74. The van der Waals surface area contributed by atoms with E-state index in [4.69, 9.17) is 4.52 Å². The van der Waals surface area contributed by atoms with Gasteiger partial charge in [0.25, 0.3) is 0 Å². The van der Waals surface area contributed by atoms with Crippen LogP contribution in [0.25, 0.3) is 0 Å². The lowest BCUT2D eigenvalue weighted by molar-refractivity contribution is 0.175. The Labute approximate surface area is 141 Å². The summed E-state index contributed by atoms with van der Waals surface area (Å²) >= 11 is 0. The number of amides is 2. The molecule has 0 saturated carbocycles. The van der Waals surface area contributed by atoms with E-state index in [1.807, 2.05) is 24.6 Å². The van der Waals surface area contributed by atoms with Crippen molar-refractivity contribution in [2.24, 2.45) is 5.92 Å². The van der Waals surface area contributed by atoms with Crippen LogP contribution in [0.15, 0.2) is 10.6 Å². The van der Waals surface area contributed by atoms with Crippen LogP contribution in [0.5, 0.6) is 0 Å². The first-order chi connectivity index (χ1) is 11.4. The maximum Gasteiger partial charge on any atom is 0.318 e. The molecule has 1 atom stereocenters. The van der Waals surface area contributed by atoms with Gasteiger partial charge in [-0.25, -0.2) is 4.79 Å². The molecule has 1 N–H and O–H groups in total. The molecule has 0 aliphatic carbocycles. The summed E-state index contributed by atoms with van der Waals surface area (Å²) in [6.07, 6.45) is 0.764. The minimum atomic E-state index is -0.320. The first kappa shape index (κ1) is 16.5. The lowest BCUT2D eigenvalue weighted by Crippen LogP contribution is -2.45. The maximum absolute atomic E-state index is 12.5. The number of nitrogens with zero attached hydrogens (tertiary/aromatic N) is 5. The molecule has 0 fully saturated rings. The van der Waals surface area contributed by atoms with Crippen LogP contribution in [-0.4, -0.2) is 37.4 Å². The highest BCUT2D eigenvalue weighted by Crippen LogP contribution is 2.16. The fraction of sp³-hybridized carbons (Fsp3) is 0.625. The molecule has 0 radical (unpaired) electrons. The highest BCUT2D eigenvalue weighted by molar-refractivity contribution is 5.74. The molecule has 2 amide bonds. The fourth-order valence-corrected chi connectivity index (χ4v) is 2.81. The molecule has 8 nitrogen and oxygen atoms in total. The third-order valence-electron chi connectivity index (χ3n) is 3.99. The van der Waals surface area contributed by atoms with Crippen LogP contribution in [0.3, 0.4) is 0 Å². The van der Waals surface area contributed by atoms with Crippen LogP contribution in [-0.2, 0) is 19.5 Å². The van der Waals surface area contributed by atoms with Crippen LogP contribution in [0.1, 0.15) is 49.9 Å². The van der Waals surface area contributed by atoms with Gasteiger partial charge in [-0.1, -0.05) is 19.0 Å². The maximum atomic E-state index is 12.5. The summed E-state index contributed by atoms with van der Waals surface area (Å²) in [7, 11) is 0. The minimum Gasteiger partial charge on any atom is -0.337 e. The van der Waals surface area contributed by atoms with Gasteiger partial charge in [0.2, 0.25) is 5.89 Å². The molecule has 8 heteroatoms. The Morgan fingerprint density at radius 2 is 2.17 bits per heavy atom. The summed E-state index contributed by atoms with van der Waals surface area (Å²) in [5.41, 5.74) is 2.03. The number of aromatic nitrogens is 4. The van der Waals surface area contributed by atoms with E-state index in [9.17, 15) is 4.79 Å². The lowest BCUT2D eigenvalue weighted by atomic mass is 10.1. The first-order valence-electron chi connectivity index (χ1n) is 8.33. The number of aryl methyl sites for hydroxylation is 1. The summed E-state index contributed by atoms with van der Waals surface area (Å²) in [4.78, 5) is 18.6. The van der Waals surface area contributed by atoms with Crippen molar-refractivity contribution in [3.63, 3.8) is 0 Å². The third-order valence-corrected chi connectivity index (χ3v) is 3.99. The van der Waals surface area contributed by atoms with E-state index in [0.717, 1.165) is 17.8 Å². The number of nitrogens with one attached hydrogen (secondary N) is 1. The zero-order valence-corrected chi connectivity index (χ0v) is 14.6. The summed E-state index contributed by atoms with van der Waals surface area (Å²) in [6.45, 7) is 9.92. The van der Waals surface area contributed by atoms with Crippen LogP contribution < -0.4 is 5.32 Å². The molecule has 3 rings (SSSR count). The number of carbonyl (C=O) groups is 1. The van der Waals surface area contributed by atoms with Gasteiger partial charge in [-0.15, -0.1) is 0 Å². The van der Waals surface area contributed by atoms with Gasteiger partial charge in [-0.2, -0.15) is 10.1 Å². The van der Waals surface area contributed by atoms with Gasteiger partial charge in [0, 0.05) is 13.0 Å². The second kappa shape index (κ2) is 6.62. The van der Waals surface area contributed by atoms with E-state index in [0.29, 0.717) is 37.3 Å². The Kier molecular flexibility index (Phi) is 4.55. The normalized spacial score (nSPS) is 15.5. The summed E-state index contributed by atoms with van der Waals surface area (Å²) in [5, 5.41) is 11.3. The van der Waals surface area contributed by atoms with Gasteiger partial charge in [0.05, 0.1) is 24.5 Å². The Morgan fingerprint density at radius 3 is 2.92 bits per heavy atom. The van der Waals surface area contributed by atoms with Gasteiger partial charge in [-0.05, 0) is 25.8 Å². The first-order valence-corrected chi connectivity index (χ1v) is 8.33. The van der Waals surface area contributed by atoms with E-state index in [1.54, 1.807) is 4.90 Å². The van der Waals surface area contributed by atoms with Gasteiger partial charge in [0.15, 0.2) is 5.82 Å². The molecule has 1 aliphatic rings. The van der Waals surface area contributed by atoms with Crippen molar-refractivity contribution in [2.75, 3.05) is 6.54 Å². The monoisotopic (exact) mass is 332 g/mol. The fourth-order valence-electron chi connectivity index (χ4n) is 2.81. The highest BCUT2D eigenvalue weighted by atomic mass is 16.5. The number of hydrogen-bond acceptors (Lipinski definition) is 5. The van der Waals surface area contributed by atoms with Crippen molar-refractivity contribution in [2.45, 2.75) is 53.2 Å². The Bertz CT molecular complexity index is 720. The van der Waals surface area contributed by atoms with Crippen molar-refractivity contribution in [1.82, 2.24) is 30.1 Å². The quantitative estimate of drug-likeness (QED) is 0.925. The van der Waals surface area contributed by atoms with Gasteiger partial charge < -0.3 is 14.7 Å². The Hall–Kier alpha value is -2.38. The molecule has 0 aromatic carbocycles. The molecular weight excluding hydrogens is 308 g/mol.